The van der Waals surface area contributed by atoms with Gasteiger partial charge in [0.25, 0.3) is 0 Å². The maximum absolute atomic E-state index is 4.99. The minimum absolute atomic E-state index is 0. The molecule has 0 unspecified atom stereocenters. The minimum Gasteiger partial charge on any atom is -0.691 e. The molecule has 0 aliphatic carbocycles. The van der Waals surface area contributed by atoms with Gasteiger partial charge >= 0.3 is 21.1 Å². The van der Waals surface area contributed by atoms with Gasteiger partial charge in [-0.2, -0.15) is 0 Å². The number of hydrogen-bond acceptors (Lipinski definition) is 24. The Hall–Kier alpha value is 6.21. The zero-order chi connectivity index (χ0) is 44.0. The van der Waals surface area contributed by atoms with E-state index in [1.165, 1.54) is 0 Å². The first-order chi connectivity index (χ1) is 24.7. The maximum atomic E-state index is 4.99. The molecule has 55 heavy (non-hydrogen) atoms. The summed E-state index contributed by atoms with van der Waals surface area (Å²) in [6.45, 7) is 28.8. The van der Waals surface area contributed by atoms with Gasteiger partial charge in [-0.1, -0.05) is 70.8 Å². The normalized spacial score (nSPS) is 11.7. The first-order valence-corrected chi connectivity index (χ1v) is 38.2. The molecule has 0 amide bonds. The van der Waals surface area contributed by atoms with Gasteiger partial charge in [0.2, 0.25) is 0 Å². The van der Waals surface area contributed by atoms with Crippen LogP contribution in [0.1, 0.15) is 83.1 Å². The third kappa shape index (κ3) is 69.4. The SMILES string of the molecule is CCOP(=S)([S-])OCC.CCOP(=S)([S-])OCC.CCOP(=S)([S-])OCC.CCOP(=S)([S-])OCC.CCOP(=S)([S-])OCC.CCOP(=S)([S-])OCC.[Mo+6]. The van der Waals surface area contributed by atoms with E-state index < -0.39 is 34.2 Å². The van der Waals surface area contributed by atoms with Crippen molar-refractivity contribution in [3.05, 3.63) is 0 Å². The van der Waals surface area contributed by atoms with Crippen LogP contribution in [0.25, 0.3) is 0 Å². The minimum atomic E-state index is -2.28. The Kier molecular flexibility index (Phi) is 66.1. The number of hydrogen-bond donors (Lipinski definition) is 0. The van der Waals surface area contributed by atoms with Crippen molar-refractivity contribution in [2.24, 2.45) is 0 Å². The van der Waals surface area contributed by atoms with Crippen LogP contribution in [-0.2, 0) is 220 Å². The van der Waals surface area contributed by atoms with E-state index in [0.29, 0.717) is 79.3 Å². The Morgan fingerprint density at radius 3 is 0.327 bits per heavy atom. The van der Waals surface area contributed by atoms with Gasteiger partial charge < -0.3 is 128 Å². The molecule has 0 fully saturated rings. The first-order valence-electron chi connectivity index (χ1n) is 16.3. The zero-order valence-electron chi connectivity index (χ0n) is 33.4. The van der Waals surface area contributed by atoms with E-state index >= 15 is 0 Å². The van der Waals surface area contributed by atoms with E-state index in [1.54, 1.807) is 0 Å². The smallest absolute Gasteiger partial charge is 0.691 e. The molecule has 0 saturated heterocycles. The van der Waals surface area contributed by atoms with E-state index in [-0.39, 0.29) is 21.1 Å². The molecular formula is C24H60MoO12P6S12. The second-order valence-electron chi connectivity index (χ2n) is 7.70. The summed E-state index contributed by atoms with van der Waals surface area (Å²) in [5, 5.41) is 0. The molecule has 12 nitrogen and oxygen atoms in total. The van der Waals surface area contributed by atoms with E-state index in [4.69, 9.17) is 199 Å². The molecule has 0 spiro atoms. The van der Waals surface area contributed by atoms with Crippen molar-refractivity contribution >= 4 is 178 Å². The maximum Gasteiger partial charge on any atom is 6.00 e. The fourth-order valence-electron chi connectivity index (χ4n) is 2.12. The molecule has 0 radical (unpaired) electrons. The van der Waals surface area contributed by atoms with Crippen LogP contribution < -0.4 is 0 Å². The van der Waals surface area contributed by atoms with Crippen molar-refractivity contribution in [1.82, 2.24) is 0 Å². The summed E-state index contributed by atoms with van der Waals surface area (Å²) in [7, 11) is 0. The third-order valence-corrected chi connectivity index (χ3v) is 17.9. The van der Waals surface area contributed by atoms with E-state index in [2.05, 4.69) is 0 Å². The Morgan fingerprint density at radius 2 is 0.291 bits per heavy atom. The molecule has 0 heterocycles. The van der Waals surface area contributed by atoms with E-state index in [0.717, 1.165) is 0 Å². The van der Waals surface area contributed by atoms with Crippen molar-refractivity contribution in [2.75, 3.05) is 79.3 Å². The largest absolute Gasteiger partial charge is 6.00 e. The Balaban J connectivity index is -0.000000100. The van der Waals surface area contributed by atoms with Crippen LogP contribution in [0, 0.1) is 0 Å². The van der Waals surface area contributed by atoms with Crippen LogP contribution in [0.2, 0.25) is 0 Å². The van der Waals surface area contributed by atoms with Crippen molar-refractivity contribution < 1.29 is 75.4 Å². The van der Waals surface area contributed by atoms with Gasteiger partial charge in [-0.3, -0.25) is 0 Å². The molecule has 0 aromatic heterocycles. The quantitative estimate of drug-likeness (QED) is 0.0519. The molecule has 31 heteroatoms. The molecule has 0 rings (SSSR count). The van der Waals surface area contributed by atoms with Crippen molar-refractivity contribution in [2.45, 2.75) is 83.1 Å². The van der Waals surface area contributed by atoms with Crippen LogP contribution in [0.3, 0.4) is 0 Å². The van der Waals surface area contributed by atoms with Crippen LogP contribution in [0.4, 0.5) is 0 Å². The summed E-state index contributed by atoms with van der Waals surface area (Å²) >= 11 is 57.9. The van der Waals surface area contributed by atoms with Gasteiger partial charge in [-0.15, -0.1) is 0 Å². The molecule has 0 saturated carbocycles. The van der Waals surface area contributed by atoms with Gasteiger partial charge in [-0.05, 0) is 83.1 Å². The fourth-order valence-corrected chi connectivity index (χ4v) is 14.0. The molecule has 0 bridgehead atoms. The Morgan fingerprint density at radius 1 is 0.236 bits per heavy atom. The van der Waals surface area contributed by atoms with Gasteiger partial charge in [0.1, 0.15) is 0 Å². The summed E-state index contributed by atoms with van der Waals surface area (Å²) in [5.74, 6) is 0. The molecule has 0 aromatic carbocycles. The molecule has 0 N–H and O–H groups in total. The van der Waals surface area contributed by atoms with Gasteiger partial charge in [0.05, 0.1) is 34.2 Å². The molecule has 336 valence electrons. The van der Waals surface area contributed by atoms with Gasteiger partial charge in [0.15, 0.2) is 0 Å². The topological polar surface area (TPSA) is 111 Å². The van der Waals surface area contributed by atoms with Crippen LogP contribution in [0.5, 0.6) is 0 Å². The predicted molar refractivity (Wildman–Crippen MR) is 269 cm³/mol. The summed E-state index contributed by atoms with van der Waals surface area (Å²) in [6, 6.07) is 0. The second kappa shape index (κ2) is 48.2. The average Bonchev–Trinajstić information content (AvgIpc) is 2.98. The van der Waals surface area contributed by atoms with E-state index in [9.17, 15) is 0 Å². The van der Waals surface area contributed by atoms with Crippen molar-refractivity contribution in [1.29, 1.82) is 0 Å². The second-order valence-corrected chi connectivity index (χ2v) is 37.6. The monoisotopic (exact) mass is 1210 g/mol. The summed E-state index contributed by atoms with van der Waals surface area (Å²) in [4.78, 5) is 0. The molecule has 0 aliphatic heterocycles. The van der Waals surface area contributed by atoms with Crippen LogP contribution >= 0.6 is 34.2 Å². The molecule has 0 aliphatic rings. The first kappa shape index (κ1) is 75.5. The average molecular weight is 1210 g/mol. The predicted octanol–water partition coefficient (Wildman–Crippen LogP) is 11.0. The summed E-state index contributed by atoms with van der Waals surface area (Å²) in [6.07, 6.45) is 0. The standard InChI is InChI=1S/6C4H11O2PS2.Mo/c6*1-3-5-7(8,9)6-4-2;/h6*3-4H2,1-2H3,(H,8,9);/q;;;;;;+6/p-6. The van der Waals surface area contributed by atoms with Gasteiger partial charge in [0, 0.05) is 79.3 Å². The zero-order valence-corrected chi connectivity index (χ0v) is 50.5. The summed E-state index contributed by atoms with van der Waals surface area (Å²) in [5.41, 5.74) is -13.7. The van der Waals surface area contributed by atoms with Crippen molar-refractivity contribution in [3.63, 3.8) is 0 Å². The molecular weight excluding hydrogens is 1150 g/mol. The number of rotatable bonds is 24. The third-order valence-electron chi connectivity index (χ3n) is 3.45. The van der Waals surface area contributed by atoms with Crippen LogP contribution in [-0.4, -0.2) is 79.3 Å². The molecule has 0 atom stereocenters. The summed E-state index contributed by atoms with van der Waals surface area (Å²) < 4.78 is 59.9. The van der Waals surface area contributed by atoms with Crippen molar-refractivity contribution in [3.8, 4) is 0 Å². The van der Waals surface area contributed by atoms with Gasteiger partial charge in [-0.25, -0.2) is 0 Å². The van der Waals surface area contributed by atoms with Crippen LogP contribution in [0.15, 0.2) is 0 Å². The Bertz CT molecular complexity index is 867. The Labute approximate surface area is 411 Å². The fraction of sp³-hybridized carbons (Fsp3) is 1.00. The van der Waals surface area contributed by atoms with E-state index in [1.807, 2.05) is 83.1 Å². The molecule has 0 aromatic rings.